The largest absolute Gasteiger partial charge is 0.497 e. The number of ether oxygens (including phenoxy) is 4. The average molecular weight is 685 g/mol. The van der Waals surface area contributed by atoms with Gasteiger partial charge >= 0.3 is 5.97 Å². The van der Waals surface area contributed by atoms with E-state index in [9.17, 15) is 4.79 Å². The molecule has 1 aromatic carbocycles. The minimum absolute atomic E-state index is 0.000844. The summed E-state index contributed by atoms with van der Waals surface area (Å²) in [5.74, 6) is 0.502. The van der Waals surface area contributed by atoms with E-state index >= 15 is 0 Å². The molecule has 8 heteroatoms. The Bertz CT molecular complexity index is 1030. The first-order chi connectivity index (χ1) is 18.6. The molecule has 0 spiro atoms. The molecule has 0 radical (unpaired) electrons. The molecule has 0 amide bonds. The highest BCUT2D eigenvalue weighted by Gasteiger charge is 2.46. The fraction of sp³-hybridized carbons (Fsp3) is 0.594. The lowest BCUT2D eigenvalue weighted by Gasteiger charge is -2.40. The van der Waals surface area contributed by atoms with Crippen LogP contribution in [0, 0.1) is 5.92 Å². The normalized spacial score (nSPS) is 24.2. The van der Waals surface area contributed by atoms with E-state index in [-0.39, 0.29) is 41.7 Å². The number of hydrogen-bond donors (Lipinski definition) is 0. The minimum Gasteiger partial charge on any atom is -0.497 e. The summed E-state index contributed by atoms with van der Waals surface area (Å²) < 4.78 is 32.8. The van der Waals surface area contributed by atoms with Crippen molar-refractivity contribution in [1.82, 2.24) is 0 Å². The molecule has 2 rings (SSSR count). The molecule has 0 bridgehead atoms. The van der Waals surface area contributed by atoms with Crippen molar-refractivity contribution in [2.45, 2.75) is 109 Å². The Morgan fingerprint density at radius 2 is 1.85 bits per heavy atom. The van der Waals surface area contributed by atoms with Crippen LogP contribution in [0.3, 0.4) is 0 Å². The Morgan fingerprint density at radius 3 is 2.35 bits per heavy atom. The van der Waals surface area contributed by atoms with Crippen LogP contribution in [0.25, 0.3) is 0 Å². The molecule has 6 nitrogen and oxygen atoms in total. The molecule has 1 unspecified atom stereocenters. The predicted molar refractivity (Wildman–Crippen MR) is 173 cm³/mol. The van der Waals surface area contributed by atoms with Gasteiger partial charge < -0.3 is 23.4 Å². The molecule has 1 fully saturated rings. The maximum absolute atomic E-state index is 13.3. The molecule has 0 N–H and O–H groups in total. The van der Waals surface area contributed by atoms with Crippen molar-refractivity contribution in [2.24, 2.45) is 5.92 Å². The summed E-state index contributed by atoms with van der Waals surface area (Å²) in [7, 11) is -0.534. The zero-order valence-corrected chi connectivity index (χ0v) is 28.9. The summed E-state index contributed by atoms with van der Waals surface area (Å²) in [4.78, 5) is 13.3. The minimum atomic E-state index is -2.17. The zero-order chi connectivity index (χ0) is 30.3. The van der Waals surface area contributed by atoms with Gasteiger partial charge in [-0.3, -0.25) is 4.79 Å². The van der Waals surface area contributed by atoms with E-state index in [1.54, 1.807) is 13.2 Å². The summed E-state index contributed by atoms with van der Waals surface area (Å²) in [6.07, 6.45) is 3.52. The zero-order valence-electron chi connectivity index (χ0n) is 25.8. The second-order valence-electron chi connectivity index (χ2n) is 12.4. The van der Waals surface area contributed by atoms with Crippen LogP contribution in [-0.4, -0.2) is 45.3 Å². The Kier molecular flexibility index (Phi) is 12.7. The molecule has 0 aromatic heterocycles. The van der Waals surface area contributed by atoms with Gasteiger partial charge in [0.15, 0.2) is 14.6 Å². The lowest BCUT2D eigenvalue weighted by molar-refractivity contribution is -0.151. The first kappa shape index (κ1) is 34.7. The molecule has 1 saturated heterocycles. The summed E-state index contributed by atoms with van der Waals surface area (Å²) in [5, 5.41) is -0.00440. The van der Waals surface area contributed by atoms with Crippen molar-refractivity contribution in [3.05, 3.63) is 64.8 Å². The lowest BCUT2D eigenvalue weighted by atomic mass is 9.91. The van der Waals surface area contributed by atoms with Gasteiger partial charge in [0.1, 0.15) is 18.0 Å². The number of halogens is 1. The van der Waals surface area contributed by atoms with Crippen molar-refractivity contribution in [3.8, 4) is 5.75 Å². The average Bonchev–Trinajstić information content (AvgIpc) is 3.25. The fourth-order valence-corrected chi connectivity index (χ4v) is 6.19. The van der Waals surface area contributed by atoms with Crippen LogP contribution in [0.15, 0.2) is 59.2 Å². The lowest BCUT2D eigenvalue weighted by Crippen LogP contribution is -2.45. The van der Waals surface area contributed by atoms with E-state index in [0.717, 1.165) is 16.9 Å². The van der Waals surface area contributed by atoms with Gasteiger partial charge in [0, 0.05) is 11.5 Å². The maximum Gasteiger partial charge on any atom is 0.308 e. The number of esters is 1. The van der Waals surface area contributed by atoms with Crippen LogP contribution >= 0.6 is 22.6 Å². The van der Waals surface area contributed by atoms with E-state index in [0.29, 0.717) is 12.8 Å². The SMILES string of the molecule is C=C[C@@H]1OC(c2ccc(OC)cc2)O[C@]1(C)CC[C@H](CC(=O)O[C@H](C(C)=CI)[C@@H](C)C=C)O[Si](C)(C)C(C)(C)C. The smallest absolute Gasteiger partial charge is 0.308 e. The van der Waals surface area contributed by atoms with Crippen molar-refractivity contribution in [1.29, 1.82) is 0 Å². The van der Waals surface area contributed by atoms with Gasteiger partial charge in [0.2, 0.25) is 0 Å². The summed E-state index contributed by atoms with van der Waals surface area (Å²) >= 11 is 2.18. The number of benzene rings is 1. The van der Waals surface area contributed by atoms with Crippen molar-refractivity contribution in [2.75, 3.05) is 7.11 Å². The van der Waals surface area contributed by atoms with Crippen LogP contribution in [0.1, 0.15) is 72.7 Å². The molecule has 0 saturated carbocycles. The van der Waals surface area contributed by atoms with Crippen molar-refractivity contribution in [3.63, 3.8) is 0 Å². The van der Waals surface area contributed by atoms with Crippen molar-refractivity contribution >= 4 is 36.9 Å². The Morgan fingerprint density at radius 1 is 1.23 bits per heavy atom. The predicted octanol–water partition coefficient (Wildman–Crippen LogP) is 8.69. The molecule has 1 aliphatic heterocycles. The highest BCUT2D eigenvalue weighted by molar-refractivity contribution is 14.1. The second kappa shape index (κ2) is 14.6. The van der Waals surface area contributed by atoms with Crippen LogP contribution < -0.4 is 4.74 Å². The third kappa shape index (κ3) is 9.02. The molecular weight excluding hydrogens is 635 g/mol. The van der Waals surface area contributed by atoms with Gasteiger partial charge in [0.05, 0.1) is 25.2 Å². The van der Waals surface area contributed by atoms with Gasteiger partial charge in [-0.15, -0.1) is 13.2 Å². The summed E-state index contributed by atoms with van der Waals surface area (Å²) in [5.41, 5.74) is 1.27. The number of methoxy groups -OCH3 is 1. The highest BCUT2D eigenvalue weighted by Crippen LogP contribution is 2.43. The van der Waals surface area contributed by atoms with Gasteiger partial charge in [-0.05, 0) is 66.6 Å². The quantitative estimate of drug-likeness (QED) is 0.0846. The van der Waals surface area contributed by atoms with Crippen LogP contribution in [0.5, 0.6) is 5.75 Å². The third-order valence-corrected chi connectivity index (χ3v) is 13.7. The van der Waals surface area contributed by atoms with Gasteiger partial charge in [0.25, 0.3) is 0 Å². The third-order valence-electron chi connectivity index (χ3n) is 8.20. The molecular formula is C32H49IO6Si. The molecule has 224 valence electrons. The Labute approximate surface area is 256 Å². The Balaban J connectivity index is 2.23. The summed E-state index contributed by atoms with van der Waals surface area (Å²) in [6.45, 7) is 24.9. The van der Waals surface area contributed by atoms with E-state index in [2.05, 4.69) is 69.6 Å². The monoisotopic (exact) mass is 684 g/mol. The molecule has 1 aliphatic rings. The van der Waals surface area contributed by atoms with Crippen molar-refractivity contribution < 1.29 is 28.2 Å². The van der Waals surface area contributed by atoms with E-state index in [1.165, 1.54) is 0 Å². The second-order valence-corrected chi connectivity index (χ2v) is 17.8. The maximum atomic E-state index is 13.3. The highest BCUT2D eigenvalue weighted by atomic mass is 127. The van der Waals surface area contributed by atoms with Crippen LogP contribution in [0.2, 0.25) is 18.1 Å². The molecule has 40 heavy (non-hydrogen) atoms. The summed E-state index contributed by atoms with van der Waals surface area (Å²) in [6, 6.07) is 7.68. The first-order valence-electron chi connectivity index (χ1n) is 14.0. The molecule has 6 atom stereocenters. The molecule has 1 aromatic rings. The number of hydrogen-bond acceptors (Lipinski definition) is 6. The number of carbonyl (C=O) groups excluding carboxylic acids is 1. The van der Waals surface area contributed by atoms with Gasteiger partial charge in [-0.1, -0.05) is 74.6 Å². The molecule has 0 aliphatic carbocycles. The topological polar surface area (TPSA) is 63.2 Å². The fourth-order valence-electron chi connectivity index (χ4n) is 4.45. The Hall–Kier alpha value is -1.46. The number of rotatable bonds is 14. The van der Waals surface area contributed by atoms with Gasteiger partial charge in [-0.2, -0.15) is 0 Å². The first-order valence-corrected chi connectivity index (χ1v) is 18.1. The van der Waals surface area contributed by atoms with E-state index in [4.69, 9.17) is 23.4 Å². The van der Waals surface area contributed by atoms with Crippen LogP contribution in [0.4, 0.5) is 0 Å². The van der Waals surface area contributed by atoms with Crippen LogP contribution in [-0.2, 0) is 23.4 Å². The van der Waals surface area contributed by atoms with E-state index in [1.807, 2.05) is 55.2 Å². The van der Waals surface area contributed by atoms with E-state index < -0.39 is 20.2 Å². The molecule has 1 heterocycles. The van der Waals surface area contributed by atoms with Gasteiger partial charge in [-0.25, -0.2) is 0 Å². The number of carbonyl (C=O) groups is 1. The standard InChI is InChI=1S/C32H49IO6Si/c1-12-22(3)29(23(4)21-33)37-28(34)20-26(39-40(10,11)31(5,6)7)18-19-32(8)27(13-2)36-30(38-32)24-14-16-25(35-9)17-15-24/h12-17,21-22,26-27,29-30H,1-2,18-20H2,3-11H3/t22-,26+,27-,29-,30?,32+/m0/s1.